The van der Waals surface area contributed by atoms with E-state index >= 15 is 0 Å². The summed E-state index contributed by atoms with van der Waals surface area (Å²) in [5.41, 5.74) is 8.01. The Morgan fingerprint density at radius 3 is 2.59 bits per heavy atom. The monoisotopic (exact) mass is 401 g/mol. The molecule has 1 aromatic carbocycles. The lowest BCUT2D eigenvalue weighted by Crippen LogP contribution is -2.35. The third-order valence-corrected chi connectivity index (χ3v) is 4.86. The Labute approximate surface area is 174 Å². The third-order valence-electron chi connectivity index (χ3n) is 4.86. The van der Waals surface area contributed by atoms with Crippen molar-refractivity contribution < 1.29 is 14.3 Å². The van der Waals surface area contributed by atoms with Gasteiger partial charge >= 0.3 is 5.97 Å². The molecule has 0 fully saturated rings. The van der Waals surface area contributed by atoms with E-state index in [1.54, 1.807) is 12.5 Å². The fourth-order valence-corrected chi connectivity index (χ4v) is 3.12. The number of carbonyl (C=O) groups is 1. The van der Waals surface area contributed by atoms with Crippen molar-refractivity contribution in [1.82, 2.24) is 9.55 Å². The summed E-state index contributed by atoms with van der Waals surface area (Å²) >= 11 is 0. The molecule has 0 amide bonds. The van der Waals surface area contributed by atoms with Crippen LogP contribution in [0.3, 0.4) is 0 Å². The van der Waals surface area contributed by atoms with Crippen LogP contribution in [0.25, 0.3) is 0 Å². The smallest absolute Gasteiger partial charge is 0.323 e. The van der Waals surface area contributed by atoms with Gasteiger partial charge in [0.2, 0.25) is 0 Å². The zero-order valence-corrected chi connectivity index (χ0v) is 17.6. The van der Waals surface area contributed by atoms with E-state index in [2.05, 4.69) is 11.9 Å². The number of benzene rings is 1. The Bertz CT molecular complexity index is 688. The number of nitrogens with zero attached hydrogens (tertiary/aromatic N) is 2. The van der Waals surface area contributed by atoms with E-state index in [1.165, 1.54) is 32.1 Å². The summed E-state index contributed by atoms with van der Waals surface area (Å²) in [5.74, 6) is -0.353. The fourth-order valence-electron chi connectivity index (χ4n) is 3.12. The first-order valence-electron chi connectivity index (χ1n) is 10.7. The number of imidazole rings is 1. The van der Waals surface area contributed by atoms with Crippen LogP contribution in [0.2, 0.25) is 0 Å². The highest BCUT2D eigenvalue weighted by Crippen LogP contribution is 2.09. The van der Waals surface area contributed by atoms with E-state index in [1.807, 2.05) is 34.9 Å². The Morgan fingerprint density at radius 1 is 1.10 bits per heavy atom. The van der Waals surface area contributed by atoms with Crippen LogP contribution in [-0.2, 0) is 34.0 Å². The molecule has 0 bridgehead atoms. The predicted octanol–water partition coefficient (Wildman–Crippen LogP) is 4.22. The first kappa shape index (κ1) is 23.1. The highest BCUT2D eigenvalue weighted by atomic mass is 16.5. The number of rotatable bonds is 15. The van der Waals surface area contributed by atoms with Gasteiger partial charge in [-0.25, -0.2) is 4.98 Å². The predicted molar refractivity (Wildman–Crippen MR) is 114 cm³/mol. The molecule has 29 heavy (non-hydrogen) atoms. The zero-order chi connectivity index (χ0) is 20.7. The van der Waals surface area contributed by atoms with Crippen LogP contribution in [0.4, 0.5) is 0 Å². The number of hydrogen-bond donors (Lipinski definition) is 1. The molecule has 1 atom stereocenters. The lowest BCUT2D eigenvalue weighted by atomic mass is 10.1. The lowest BCUT2D eigenvalue weighted by Gasteiger charge is -2.13. The molecule has 1 heterocycles. The summed E-state index contributed by atoms with van der Waals surface area (Å²) in [6.45, 7) is 3.54. The minimum Gasteiger partial charge on any atom is -0.465 e. The van der Waals surface area contributed by atoms with Crippen molar-refractivity contribution in [3.05, 3.63) is 54.1 Å². The molecular formula is C23H35N3O3. The second-order valence-corrected chi connectivity index (χ2v) is 7.42. The molecule has 0 spiro atoms. The lowest BCUT2D eigenvalue weighted by molar-refractivity contribution is -0.145. The number of esters is 1. The van der Waals surface area contributed by atoms with Crippen molar-refractivity contribution in [2.75, 3.05) is 6.61 Å². The molecule has 0 radical (unpaired) electrons. The SMILES string of the molecule is CCCCCCCCCOC(=O)C(N)Cc1cncn1COCc1ccccc1. The van der Waals surface area contributed by atoms with Crippen molar-refractivity contribution in [3.8, 4) is 0 Å². The standard InChI is InChI=1S/C23H35N3O3/c1-2-3-4-5-6-7-11-14-29-23(27)22(24)15-21-16-25-18-26(21)19-28-17-20-12-9-8-10-13-20/h8-10,12-13,16,18,22H,2-7,11,14-15,17,19,24H2,1H3. The molecule has 160 valence electrons. The molecule has 1 aromatic heterocycles. The second kappa shape index (κ2) is 13.9. The molecule has 2 N–H and O–H groups in total. The summed E-state index contributed by atoms with van der Waals surface area (Å²) < 4.78 is 12.9. The van der Waals surface area contributed by atoms with Crippen LogP contribution < -0.4 is 5.73 Å². The van der Waals surface area contributed by atoms with E-state index in [0.29, 0.717) is 26.4 Å². The topological polar surface area (TPSA) is 79.4 Å². The van der Waals surface area contributed by atoms with E-state index in [9.17, 15) is 4.79 Å². The Balaban J connectivity index is 1.63. The van der Waals surface area contributed by atoms with Gasteiger partial charge in [0.1, 0.15) is 12.8 Å². The maximum Gasteiger partial charge on any atom is 0.323 e. The molecule has 0 aliphatic carbocycles. The first-order chi connectivity index (χ1) is 14.2. The molecule has 0 saturated carbocycles. The minimum absolute atomic E-state index is 0.353. The van der Waals surface area contributed by atoms with Crippen LogP contribution in [0.5, 0.6) is 0 Å². The number of ether oxygens (including phenoxy) is 2. The maximum atomic E-state index is 12.1. The molecule has 2 rings (SSSR count). The van der Waals surface area contributed by atoms with Gasteiger partial charge in [0, 0.05) is 18.3 Å². The molecule has 1 unspecified atom stereocenters. The van der Waals surface area contributed by atoms with Gasteiger partial charge in [-0.3, -0.25) is 4.79 Å². The van der Waals surface area contributed by atoms with Crippen LogP contribution in [0.1, 0.15) is 63.1 Å². The van der Waals surface area contributed by atoms with Crippen molar-refractivity contribution in [1.29, 1.82) is 0 Å². The number of nitrogens with two attached hydrogens (primary N) is 1. The van der Waals surface area contributed by atoms with Gasteiger partial charge < -0.3 is 19.8 Å². The maximum absolute atomic E-state index is 12.1. The van der Waals surface area contributed by atoms with Gasteiger partial charge in [0.25, 0.3) is 0 Å². The summed E-state index contributed by atoms with van der Waals surface area (Å²) in [5, 5.41) is 0. The minimum atomic E-state index is -0.691. The average Bonchev–Trinajstić information content (AvgIpc) is 3.17. The van der Waals surface area contributed by atoms with E-state index in [-0.39, 0.29) is 5.97 Å². The van der Waals surface area contributed by atoms with Crippen molar-refractivity contribution >= 4 is 5.97 Å². The van der Waals surface area contributed by atoms with Gasteiger partial charge in [0.15, 0.2) is 0 Å². The molecule has 0 saturated heterocycles. The number of unbranched alkanes of at least 4 members (excludes halogenated alkanes) is 6. The van der Waals surface area contributed by atoms with Crippen LogP contribution in [0.15, 0.2) is 42.9 Å². The molecule has 0 aliphatic heterocycles. The first-order valence-corrected chi connectivity index (χ1v) is 10.7. The molecule has 0 aliphatic rings. The average molecular weight is 402 g/mol. The Hall–Kier alpha value is -2.18. The number of hydrogen-bond acceptors (Lipinski definition) is 5. The van der Waals surface area contributed by atoms with Crippen molar-refractivity contribution in [3.63, 3.8) is 0 Å². The van der Waals surface area contributed by atoms with Gasteiger partial charge in [-0.2, -0.15) is 0 Å². The summed E-state index contributed by atoms with van der Waals surface area (Å²) in [4.78, 5) is 16.3. The van der Waals surface area contributed by atoms with Crippen LogP contribution in [-0.4, -0.2) is 28.2 Å². The zero-order valence-electron chi connectivity index (χ0n) is 17.6. The van der Waals surface area contributed by atoms with E-state index in [0.717, 1.165) is 24.1 Å². The molecule has 6 heteroatoms. The largest absolute Gasteiger partial charge is 0.465 e. The van der Waals surface area contributed by atoms with E-state index < -0.39 is 6.04 Å². The fraction of sp³-hybridized carbons (Fsp3) is 0.565. The van der Waals surface area contributed by atoms with Crippen molar-refractivity contribution in [2.45, 2.75) is 77.7 Å². The van der Waals surface area contributed by atoms with Crippen molar-refractivity contribution in [2.24, 2.45) is 5.73 Å². The summed E-state index contributed by atoms with van der Waals surface area (Å²) in [7, 11) is 0. The summed E-state index contributed by atoms with van der Waals surface area (Å²) in [6.07, 6.45) is 12.1. The molecular weight excluding hydrogens is 366 g/mol. The van der Waals surface area contributed by atoms with Crippen LogP contribution in [0, 0.1) is 0 Å². The van der Waals surface area contributed by atoms with Crippen LogP contribution >= 0.6 is 0 Å². The normalized spacial score (nSPS) is 12.1. The van der Waals surface area contributed by atoms with E-state index in [4.69, 9.17) is 15.2 Å². The second-order valence-electron chi connectivity index (χ2n) is 7.42. The quantitative estimate of drug-likeness (QED) is 0.357. The van der Waals surface area contributed by atoms with Gasteiger partial charge in [-0.1, -0.05) is 75.8 Å². The highest BCUT2D eigenvalue weighted by Gasteiger charge is 2.17. The Kier molecular flexibility index (Phi) is 11.1. The van der Waals surface area contributed by atoms with Gasteiger partial charge in [0.05, 0.1) is 19.5 Å². The number of aromatic nitrogens is 2. The van der Waals surface area contributed by atoms with Gasteiger partial charge in [-0.15, -0.1) is 0 Å². The molecule has 6 nitrogen and oxygen atoms in total. The number of carbonyl (C=O) groups excluding carboxylic acids is 1. The third kappa shape index (κ3) is 9.24. The molecule has 2 aromatic rings. The summed E-state index contributed by atoms with van der Waals surface area (Å²) in [6, 6.07) is 9.30. The highest BCUT2D eigenvalue weighted by molar-refractivity contribution is 5.75. The van der Waals surface area contributed by atoms with Gasteiger partial charge in [-0.05, 0) is 12.0 Å². The Morgan fingerprint density at radius 2 is 1.83 bits per heavy atom.